The minimum atomic E-state index is -0.184. The fraction of sp³-hybridized carbons (Fsp3) is 0.154. The van der Waals surface area contributed by atoms with E-state index in [1.54, 1.807) is 19.1 Å². The van der Waals surface area contributed by atoms with Crippen LogP contribution < -0.4 is 10.2 Å². The van der Waals surface area contributed by atoms with Gasteiger partial charge >= 0.3 is 0 Å². The van der Waals surface area contributed by atoms with Crippen molar-refractivity contribution in [2.45, 2.75) is 13.5 Å². The van der Waals surface area contributed by atoms with Gasteiger partial charge in [-0.1, -0.05) is 23.7 Å². The summed E-state index contributed by atoms with van der Waals surface area (Å²) < 4.78 is 10.5. The van der Waals surface area contributed by atoms with Crippen molar-refractivity contribution >= 4 is 11.6 Å². The van der Waals surface area contributed by atoms with Crippen molar-refractivity contribution in [1.29, 1.82) is 0 Å². The highest BCUT2D eigenvalue weighted by molar-refractivity contribution is 6.30. The summed E-state index contributed by atoms with van der Waals surface area (Å²) in [5, 5.41) is 0.642. The Bertz CT molecular complexity index is 575. The first-order valence-corrected chi connectivity index (χ1v) is 5.50. The Balaban J connectivity index is 2.15. The lowest BCUT2D eigenvalue weighted by atomic mass is 10.2. The van der Waals surface area contributed by atoms with Gasteiger partial charge in [0.25, 0.3) is 0 Å². The summed E-state index contributed by atoms with van der Waals surface area (Å²) in [5.74, 6) is 0.715. The molecule has 0 saturated heterocycles. The predicted octanol–water partition coefficient (Wildman–Crippen LogP) is 3.18. The Hall–Kier alpha value is -1.74. The Morgan fingerprint density at radius 1 is 1.35 bits per heavy atom. The number of hydrogen-bond donors (Lipinski definition) is 0. The van der Waals surface area contributed by atoms with Crippen LogP contribution in [0.5, 0.6) is 5.75 Å². The van der Waals surface area contributed by atoms with Crippen molar-refractivity contribution in [3.63, 3.8) is 0 Å². The highest BCUT2D eigenvalue weighted by atomic mass is 35.5. The molecule has 4 heteroatoms. The minimum Gasteiger partial charge on any atom is -0.482 e. The van der Waals surface area contributed by atoms with Gasteiger partial charge in [-0.2, -0.15) is 0 Å². The molecule has 1 aromatic carbocycles. The van der Waals surface area contributed by atoms with Crippen molar-refractivity contribution in [3.8, 4) is 5.75 Å². The second-order valence-corrected chi connectivity index (χ2v) is 4.03. The van der Waals surface area contributed by atoms with Crippen LogP contribution in [0.3, 0.4) is 0 Å². The molecule has 88 valence electrons. The standard InChI is InChI=1S/C13H11ClO3/c1-9-13(12(15)5-6-16-9)17-8-10-3-2-4-11(14)7-10/h2-7H,8H2,1H3. The normalized spacial score (nSPS) is 10.2. The average molecular weight is 251 g/mol. The van der Waals surface area contributed by atoms with E-state index in [1.807, 2.05) is 12.1 Å². The smallest absolute Gasteiger partial charge is 0.227 e. The third kappa shape index (κ3) is 2.88. The van der Waals surface area contributed by atoms with Crippen molar-refractivity contribution in [1.82, 2.24) is 0 Å². The van der Waals surface area contributed by atoms with Gasteiger partial charge in [0.05, 0.1) is 6.26 Å². The van der Waals surface area contributed by atoms with Crippen LogP contribution in [0.15, 0.2) is 45.8 Å². The molecule has 0 aliphatic heterocycles. The zero-order chi connectivity index (χ0) is 12.3. The van der Waals surface area contributed by atoms with Gasteiger partial charge in [-0.25, -0.2) is 0 Å². The molecule has 0 spiro atoms. The van der Waals surface area contributed by atoms with Crippen LogP contribution >= 0.6 is 11.6 Å². The molecule has 0 saturated carbocycles. The third-order valence-electron chi connectivity index (χ3n) is 2.28. The van der Waals surface area contributed by atoms with E-state index in [0.29, 0.717) is 10.8 Å². The number of aryl methyl sites for hydroxylation is 1. The molecule has 0 unspecified atom stereocenters. The van der Waals surface area contributed by atoms with Gasteiger partial charge < -0.3 is 9.15 Å². The maximum atomic E-state index is 11.5. The van der Waals surface area contributed by atoms with Crippen molar-refractivity contribution in [2.75, 3.05) is 0 Å². The molecule has 2 rings (SSSR count). The van der Waals surface area contributed by atoms with Gasteiger partial charge in [0.2, 0.25) is 11.2 Å². The summed E-state index contributed by atoms with van der Waals surface area (Å²) in [6.07, 6.45) is 1.35. The van der Waals surface area contributed by atoms with Gasteiger partial charge in [-0.3, -0.25) is 4.79 Å². The summed E-state index contributed by atoms with van der Waals surface area (Å²) in [4.78, 5) is 11.5. The highest BCUT2D eigenvalue weighted by Crippen LogP contribution is 2.15. The lowest BCUT2D eigenvalue weighted by Gasteiger charge is -2.07. The first-order valence-electron chi connectivity index (χ1n) is 5.12. The molecule has 0 aliphatic carbocycles. The Labute approximate surface area is 104 Å². The Morgan fingerprint density at radius 2 is 2.18 bits per heavy atom. The van der Waals surface area contributed by atoms with Crippen molar-refractivity contribution in [2.24, 2.45) is 0 Å². The molecule has 0 fully saturated rings. The summed E-state index contributed by atoms with van der Waals surface area (Å²) in [6, 6.07) is 8.63. The minimum absolute atomic E-state index is 0.184. The monoisotopic (exact) mass is 250 g/mol. The zero-order valence-electron chi connectivity index (χ0n) is 9.27. The van der Waals surface area contributed by atoms with Gasteiger partial charge in [-0.05, 0) is 24.6 Å². The number of hydrogen-bond acceptors (Lipinski definition) is 3. The van der Waals surface area contributed by atoms with Crippen LogP contribution in [0.4, 0.5) is 0 Å². The molecule has 17 heavy (non-hydrogen) atoms. The molecule has 2 aromatic rings. The maximum Gasteiger partial charge on any atom is 0.227 e. The lowest BCUT2D eigenvalue weighted by Crippen LogP contribution is -2.08. The van der Waals surface area contributed by atoms with E-state index in [1.165, 1.54) is 12.3 Å². The molecule has 0 bridgehead atoms. The average Bonchev–Trinajstić information content (AvgIpc) is 2.28. The van der Waals surface area contributed by atoms with E-state index < -0.39 is 0 Å². The van der Waals surface area contributed by atoms with E-state index >= 15 is 0 Å². The molecule has 1 heterocycles. The molecule has 0 radical (unpaired) electrons. The molecule has 1 aromatic heterocycles. The van der Waals surface area contributed by atoms with Crippen molar-refractivity contribution in [3.05, 3.63) is 63.2 Å². The van der Waals surface area contributed by atoms with Crippen LogP contribution in [0.1, 0.15) is 11.3 Å². The zero-order valence-corrected chi connectivity index (χ0v) is 10.0. The van der Waals surface area contributed by atoms with Crippen molar-refractivity contribution < 1.29 is 9.15 Å². The van der Waals surface area contributed by atoms with Gasteiger partial charge in [0.15, 0.2) is 0 Å². The van der Waals surface area contributed by atoms with Crippen LogP contribution in [0.25, 0.3) is 0 Å². The number of ether oxygens (including phenoxy) is 1. The van der Waals surface area contributed by atoms with Gasteiger partial charge in [0, 0.05) is 11.1 Å². The second kappa shape index (κ2) is 5.06. The molecule has 0 N–H and O–H groups in total. The fourth-order valence-corrected chi connectivity index (χ4v) is 1.67. The highest BCUT2D eigenvalue weighted by Gasteiger charge is 2.06. The number of benzene rings is 1. The van der Waals surface area contributed by atoms with Gasteiger partial charge in [-0.15, -0.1) is 0 Å². The van der Waals surface area contributed by atoms with E-state index in [9.17, 15) is 4.79 Å². The van der Waals surface area contributed by atoms with Crippen LogP contribution in [0.2, 0.25) is 5.02 Å². The Kier molecular flexibility index (Phi) is 3.49. The lowest BCUT2D eigenvalue weighted by molar-refractivity contribution is 0.286. The summed E-state index contributed by atoms with van der Waals surface area (Å²) >= 11 is 5.85. The quantitative estimate of drug-likeness (QED) is 0.840. The second-order valence-electron chi connectivity index (χ2n) is 3.59. The van der Waals surface area contributed by atoms with Crippen LogP contribution in [0, 0.1) is 6.92 Å². The molecule has 0 aliphatic rings. The molecular weight excluding hydrogens is 240 g/mol. The summed E-state index contributed by atoms with van der Waals surface area (Å²) in [6.45, 7) is 1.98. The molecular formula is C13H11ClO3. The molecule has 3 nitrogen and oxygen atoms in total. The first-order chi connectivity index (χ1) is 8.16. The number of halogens is 1. The Morgan fingerprint density at radius 3 is 2.88 bits per heavy atom. The molecule has 0 atom stereocenters. The van der Waals surface area contributed by atoms with E-state index in [4.69, 9.17) is 20.8 Å². The SMILES string of the molecule is Cc1occc(=O)c1OCc1cccc(Cl)c1. The largest absolute Gasteiger partial charge is 0.482 e. The fourth-order valence-electron chi connectivity index (χ4n) is 1.46. The van der Waals surface area contributed by atoms with Gasteiger partial charge in [0.1, 0.15) is 12.4 Å². The van der Waals surface area contributed by atoms with E-state index in [-0.39, 0.29) is 17.8 Å². The van der Waals surface area contributed by atoms with E-state index in [0.717, 1.165) is 5.56 Å². The van der Waals surface area contributed by atoms with E-state index in [2.05, 4.69) is 0 Å². The van der Waals surface area contributed by atoms with Crippen LogP contribution in [-0.2, 0) is 6.61 Å². The predicted molar refractivity (Wildman–Crippen MR) is 65.5 cm³/mol. The summed E-state index contributed by atoms with van der Waals surface area (Å²) in [5.41, 5.74) is 0.718. The summed E-state index contributed by atoms with van der Waals surface area (Å²) in [7, 11) is 0. The third-order valence-corrected chi connectivity index (χ3v) is 2.52. The topological polar surface area (TPSA) is 39.4 Å². The van der Waals surface area contributed by atoms with Crippen LogP contribution in [-0.4, -0.2) is 0 Å². The maximum absolute atomic E-state index is 11.5. The molecule has 0 amide bonds. The first kappa shape index (κ1) is 11.7. The number of rotatable bonds is 3.